The molecule has 0 radical (unpaired) electrons. The Balaban J connectivity index is 0.000000139. The number of hydrogen-bond donors (Lipinski definition) is 0. The first kappa shape index (κ1) is 38.2. The molecule has 0 aliphatic carbocycles. The van der Waals surface area contributed by atoms with E-state index in [0.717, 1.165) is 66.6 Å². The van der Waals surface area contributed by atoms with E-state index in [2.05, 4.69) is 89.3 Å². The number of hydrogen-bond acceptors (Lipinski definition) is 3. The van der Waals surface area contributed by atoms with Gasteiger partial charge >= 0.3 is 20.1 Å². The van der Waals surface area contributed by atoms with Crippen molar-refractivity contribution in [1.29, 1.82) is 0 Å². The van der Waals surface area contributed by atoms with E-state index in [4.69, 9.17) is 0 Å². The van der Waals surface area contributed by atoms with Crippen LogP contribution in [-0.2, 0) is 20.1 Å². The maximum Gasteiger partial charge on any atom is 3.00 e. The summed E-state index contributed by atoms with van der Waals surface area (Å²) in [6.45, 7) is 11.2. The molecule has 3 nitrogen and oxygen atoms in total. The standard InChI is InChI=1S/3C17H12N.Ir/c3*1-2-13-7-9-15(10-8-13)17-16-6-4-3-5-14(16)11-12-18-17;/h3*2-9,11-12H,1H2;/q3*-1;+3. The molecule has 264 valence electrons. The second-order valence-electron chi connectivity index (χ2n) is 12.4. The molecule has 0 amide bonds. The maximum atomic E-state index is 4.48. The van der Waals surface area contributed by atoms with Crippen molar-refractivity contribution in [2.75, 3.05) is 0 Å². The van der Waals surface area contributed by atoms with Crippen LogP contribution >= 0.6 is 0 Å². The van der Waals surface area contributed by atoms with Gasteiger partial charge in [-0.3, -0.25) is 0 Å². The third-order valence-corrected chi connectivity index (χ3v) is 9.00. The van der Waals surface area contributed by atoms with Crippen LogP contribution in [0.3, 0.4) is 0 Å². The Labute approximate surface area is 336 Å². The van der Waals surface area contributed by atoms with Crippen molar-refractivity contribution in [2.24, 2.45) is 0 Å². The van der Waals surface area contributed by atoms with Gasteiger partial charge in [0.05, 0.1) is 0 Å². The normalized spacial score (nSPS) is 10.3. The number of benzene rings is 6. The van der Waals surface area contributed by atoms with Crippen molar-refractivity contribution in [3.63, 3.8) is 0 Å². The van der Waals surface area contributed by atoms with Crippen LogP contribution < -0.4 is 0 Å². The van der Waals surface area contributed by atoms with E-state index in [9.17, 15) is 0 Å². The molecule has 0 spiro atoms. The van der Waals surface area contributed by atoms with Crippen molar-refractivity contribution < 1.29 is 20.1 Å². The van der Waals surface area contributed by atoms with Crippen LogP contribution in [0.1, 0.15) is 16.7 Å². The van der Waals surface area contributed by atoms with E-state index in [1.807, 2.05) is 146 Å². The van der Waals surface area contributed by atoms with Gasteiger partial charge in [0.15, 0.2) is 0 Å². The minimum absolute atomic E-state index is 0. The van der Waals surface area contributed by atoms with Crippen molar-refractivity contribution in [1.82, 2.24) is 15.0 Å². The van der Waals surface area contributed by atoms with E-state index < -0.39 is 0 Å². The Morgan fingerprint density at radius 1 is 0.364 bits per heavy atom. The summed E-state index contributed by atoms with van der Waals surface area (Å²) in [5.41, 5.74) is 9.17. The van der Waals surface area contributed by atoms with Crippen LogP contribution in [0.2, 0.25) is 0 Å². The topological polar surface area (TPSA) is 38.7 Å². The van der Waals surface area contributed by atoms with Gasteiger partial charge in [-0.1, -0.05) is 72.8 Å². The summed E-state index contributed by atoms with van der Waals surface area (Å²) < 4.78 is 0. The smallest absolute Gasteiger partial charge is 0.304 e. The summed E-state index contributed by atoms with van der Waals surface area (Å²) in [4.78, 5) is 13.4. The van der Waals surface area contributed by atoms with E-state index in [0.29, 0.717) is 0 Å². The molecule has 3 aromatic heterocycles. The minimum Gasteiger partial charge on any atom is -0.304 e. The van der Waals surface area contributed by atoms with Gasteiger partial charge in [0.2, 0.25) is 0 Å². The molecule has 55 heavy (non-hydrogen) atoms. The summed E-state index contributed by atoms with van der Waals surface area (Å²) in [7, 11) is 0. The predicted octanol–water partition coefficient (Wildman–Crippen LogP) is 13.0. The first-order valence-electron chi connectivity index (χ1n) is 17.6. The van der Waals surface area contributed by atoms with Crippen molar-refractivity contribution in [2.45, 2.75) is 0 Å². The fraction of sp³-hybridized carbons (Fsp3) is 0. The number of aromatic nitrogens is 3. The number of rotatable bonds is 6. The first-order valence-corrected chi connectivity index (χ1v) is 17.6. The van der Waals surface area contributed by atoms with Crippen LogP contribution in [0.5, 0.6) is 0 Å². The van der Waals surface area contributed by atoms with Crippen LogP contribution in [-0.4, -0.2) is 15.0 Å². The molecule has 0 atom stereocenters. The SMILES string of the molecule is C=Cc1c[c-]c(-c2nccc3ccccc23)cc1.C=Cc1c[c-]c(-c2nccc3ccccc23)cc1.C=Cc1c[c-]c(-c2nccc3ccccc23)cc1.[Ir+3]. The molecule has 9 rings (SSSR count). The molecule has 0 unspecified atom stereocenters. The third kappa shape index (κ3) is 8.97. The Morgan fingerprint density at radius 3 is 0.909 bits per heavy atom. The first-order chi connectivity index (χ1) is 26.6. The molecule has 0 aliphatic rings. The van der Waals surface area contributed by atoms with Gasteiger partial charge in [-0.25, -0.2) is 0 Å². The van der Waals surface area contributed by atoms with Crippen molar-refractivity contribution >= 4 is 50.5 Å². The molecular formula is C51H36IrN3. The molecule has 0 bridgehead atoms. The number of nitrogens with zero attached hydrogens (tertiary/aromatic N) is 3. The van der Waals surface area contributed by atoms with Crippen molar-refractivity contribution in [3.05, 3.63) is 219 Å². The van der Waals surface area contributed by atoms with Crippen LogP contribution in [0.25, 0.3) is 84.3 Å². The van der Waals surface area contributed by atoms with Gasteiger partial charge in [-0.15, -0.1) is 144 Å². The summed E-state index contributed by atoms with van der Waals surface area (Å²) >= 11 is 0. The largest absolute Gasteiger partial charge is 3.00 e. The van der Waals surface area contributed by atoms with Crippen LogP contribution in [0.15, 0.2) is 184 Å². The molecule has 0 fully saturated rings. The van der Waals surface area contributed by atoms with Gasteiger partial charge in [-0.2, -0.15) is 0 Å². The van der Waals surface area contributed by atoms with Crippen LogP contribution in [0, 0.1) is 18.2 Å². The van der Waals surface area contributed by atoms with Crippen molar-refractivity contribution in [3.8, 4) is 33.8 Å². The third-order valence-electron chi connectivity index (χ3n) is 9.00. The predicted molar refractivity (Wildman–Crippen MR) is 228 cm³/mol. The number of pyridine rings is 3. The molecule has 0 saturated heterocycles. The van der Waals surface area contributed by atoms with Crippen LogP contribution in [0.4, 0.5) is 0 Å². The average Bonchev–Trinajstić information content (AvgIpc) is 3.26. The molecule has 0 N–H and O–H groups in total. The van der Waals surface area contributed by atoms with Gasteiger partial charge in [-0.05, 0) is 67.6 Å². The molecule has 3 heterocycles. The Bertz CT molecular complexity index is 2380. The molecule has 0 aliphatic heterocycles. The zero-order chi connectivity index (χ0) is 37.1. The number of fused-ring (bicyclic) bond motifs is 3. The minimum atomic E-state index is 0. The summed E-state index contributed by atoms with van der Waals surface area (Å²) in [5.74, 6) is 0. The van der Waals surface area contributed by atoms with E-state index in [1.165, 1.54) is 16.2 Å². The molecule has 4 heteroatoms. The van der Waals surface area contributed by atoms with E-state index in [-0.39, 0.29) is 20.1 Å². The summed E-state index contributed by atoms with van der Waals surface area (Å²) in [6.07, 6.45) is 11.0. The molecule has 6 aromatic carbocycles. The zero-order valence-electron chi connectivity index (χ0n) is 30.1. The van der Waals surface area contributed by atoms with Gasteiger partial charge in [0.1, 0.15) is 0 Å². The fourth-order valence-electron chi connectivity index (χ4n) is 6.14. The Hall–Kier alpha value is -6.58. The van der Waals surface area contributed by atoms with Gasteiger partial charge in [0.25, 0.3) is 0 Å². The molecular weight excluding hydrogens is 847 g/mol. The summed E-state index contributed by atoms with van der Waals surface area (Å²) in [5, 5.41) is 7.06. The molecule has 9 aromatic rings. The maximum absolute atomic E-state index is 4.48. The second-order valence-corrected chi connectivity index (χ2v) is 12.4. The second kappa shape index (κ2) is 18.4. The summed E-state index contributed by atoms with van der Waals surface area (Å²) in [6, 6.07) is 58.6. The monoisotopic (exact) mass is 883 g/mol. The Morgan fingerprint density at radius 2 is 0.655 bits per heavy atom. The fourth-order valence-corrected chi connectivity index (χ4v) is 6.14. The average molecular weight is 883 g/mol. The van der Waals surface area contributed by atoms with E-state index >= 15 is 0 Å². The zero-order valence-corrected chi connectivity index (χ0v) is 32.5. The quantitative estimate of drug-likeness (QED) is 0.156. The van der Waals surface area contributed by atoms with E-state index in [1.54, 1.807) is 0 Å². The van der Waals surface area contributed by atoms with Gasteiger partial charge in [0, 0.05) is 18.6 Å². The molecule has 0 saturated carbocycles. The Kier molecular flexibility index (Phi) is 12.8. The van der Waals surface area contributed by atoms with Gasteiger partial charge < -0.3 is 15.0 Å².